The summed E-state index contributed by atoms with van der Waals surface area (Å²) >= 11 is 0. The molecular weight excluding hydrogens is 517 g/mol. The van der Waals surface area contributed by atoms with Gasteiger partial charge in [0.2, 0.25) is 21.7 Å². The van der Waals surface area contributed by atoms with Crippen molar-refractivity contribution in [1.82, 2.24) is 14.5 Å². The minimum Gasteiger partial charge on any atom is -0.492 e. The molecule has 1 atom stereocenters. The first-order valence-electron chi connectivity index (χ1n) is 12.9. The normalized spacial score (nSPS) is 12.6. The van der Waals surface area contributed by atoms with Crippen molar-refractivity contribution in [2.75, 3.05) is 0 Å². The molecule has 1 N–H and O–H groups in total. The number of pyridine rings is 1. The van der Waals surface area contributed by atoms with E-state index in [2.05, 4.69) is 9.97 Å². The van der Waals surface area contributed by atoms with Crippen molar-refractivity contribution in [3.8, 4) is 17.0 Å². The van der Waals surface area contributed by atoms with Gasteiger partial charge in [0, 0.05) is 18.2 Å². The van der Waals surface area contributed by atoms with Crippen molar-refractivity contribution in [2.45, 2.75) is 62.8 Å². The van der Waals surface area contributed by atoms with Crippen molar-refractivity contribution < 1.29 is 17.9 Å². The Bertz CT molecular complexity index is 1630. The van der Waals surface area contributed by atoms with Gasteiger partial charge < -0.3 is 5.11 Å². The van der Waals surface area contributed by atoms with Crippen LogP contribution in [0.15, 0.2) is 81.4 Å². The van der Waals surface area contributed by atoms with Gasteiger partial charge in [-0.3, -0.25) is 9.36 Å². The number of aromatic nitrogens is 3. The van der Waals surface area contributed by atoms with E-state index in [1.54, 1.807) is 13.0 Å². The molecule has 0 saturated carbocycles. The molecule has 0 amide bonds. The molecule has 0 spiro atoms. The molecule has 0 fully saturated rings. The zero-order valence-electron chi connectivity index (χ0n) is 22.4. The second-order valence-electron chi connectivity index (χ2n) is 9.93. The zero-order valence-corrected chi connectivity index (χ0v) is 23.2. The molecule has 39 heavy (non-hydrogen) atoms. The lowest BCUT2D eigenvalue weighted by Gasteiger charge is -2.23. The van der Waals surface area contributed by atoms with Crippen molar-refractivity contribution in [2.24, 2.45) is 5.92 Å². The molecule has 0 aliphatic rings. The summed E-state index contributed by atoms with van der Waals surface area (Å²) in [6.07, 6.45) is 2.97. The van der Waals surface area contributed by atoms with Crippen LogP contribution in [0.5, 0.6) is 5.88 Å². The van der Waals surface area contributed by atoms with E-state index in [1.807, 2.05) is 51.1 Å². The summed E-state index contributed by atoms with van der Waals surface area (Å²) in [6.45, 7) is 7.59. The third kappa shape index (κ3) is 5.63. The summed E-state index contributed by atoms with van der Waals surface area (Å²) in [7, 11) is -4.44. The highest BCUT2D eigenvalue weighted by Gasteiger charge is 2.31. The molecule has 7 nitrogen and oxygen atoms in total. The van der Waals surface area contributed by atoms with Crippen LogP contribution in [0, 0.1) is 18.8 Å². The first-order valence-corrected chi connectivity index (χ1v) is 14.4. The standard InChI is InChI=1S/C30H32FN3O4S/c1-5-25(22-9-7-6-8-10-22)34-26(16-11-19(2)3)33-29(35)27(30(34)36)39(37,38)23-14-12-21(13-15-23)24-17-18-32-28(31)20(24)4/h6-10,12-15,17-19,25,35H,5,11,16H2,1-4H3. The first-order chi connectivity index (χ1) is 18.6. The molecule has 9 heteroatoms. The summed E-state index contributed by atoms with van der Waals surface area (Å²) in [5.41, 5.74) is 1.52. The number of sulfone groups is 1. The number of benzene rings is 2. The summed E-state index contributed by atoms with van der Waals surface area (Å²) in [5.74, 6) is -0.767. The largest absolute Gasteiger partial charge is 0.492 e. The highest BCUT2D eigenvalue weighted by Crippen LogP contribution is 2.31. The number of aromatic hydroxyl groups is 1. The number of aryl methyl sites for hydroxylation is 1. The van der Waals surface area contributed by atoms with Gasteiger partial charge in [-0.1, -0.05) is 63.2 Å². The van der Waals surface area contributed by atoms with Crippen LogP contribution in [0.2, 0.25) is 0 Å². The average Bonchev–Trinajstić information content (AvgIpc) is 2.91. The Morgan fingerprint density at radius 2 is 1.69 bits per heavy atom. The average molecular weight is 550 g/mol. The minimum absolute atomic E-state index is 0.179. The maximum Gasteiger partial charge on any atom is 0.277 e. The van der Waals surface area contributed by atoms with Crippen LogP contribution in [0.3, 0.4) is 0 Å². The summed E-state index contributed by atoms with van der Waals surface area (Å²) < 4.78 is 42.8. The maximum absolute atomic E-state index is 14.0. The summed E-state index contributed by atoms with van der Waals surface area (Å²) in [5, 5.41) is 10.8. The molecule has 0 saturated heterocycles. The zero-order chi connectivity index (χ0) is 28.3. The van der Waals surface area contributed by atoms with Gasteiger partial charge in [-0.15, -0.1) is 0 Å². The van der Waals surface area contributed by atoms with Crippen molar-refractivity contribution in [1.29, 1.82) is 0 Å². The molecular formula is C30H32FN3O4S. The van der Waals surface area contributed by atoms with Crippen LogP contribution in [-0.2, 0) is 16.3 Å². The Kier molecular flexibility index (Phi) is 8.30. The van der Waals surface area contributed by atoms with Gasteiger partial charge in [0.1, 0.15) is 5.82 Å². The van der Waals surface area contributed by atoms with Gasteiger partial charge in [0.05, 0.1) is 10.9 Å². The topological polar surface area (TPSA) is 102 Å². The number of hydrogen-bond acceptors (Lipinski definition) is 6. The van der Waals surface area contributed by atoms with Crippen LogP contribution in [-0.4, -0.2) is 28.1 Å². The predicted octanol–water partition coefficient (Wildman–Crippen LogP) is 5.88. The molecule has 204 valence electrons. The number of nitrogens with zero attached hydrogens (tertiary/aromatic N) is 3. The Labute approximate surface area is 228 Å². The number of hydrogen-bond donors (Lipinski definition) is 1. The number of rotatable bonds is 9. The van der Waals surface area contributed by atoms with E-state index in [4.69, 9.17) is 0 Å². The lowest BCUT2D eigenvalue weighted by Crippen LogP contribution is -2.33. The highest BCUT2D eigenvalue weighted by atomic mass is 32.2. The van der Waals surface area contributed by atoms with Crippen LogP contribution < -0.4 is 5.56 Å². The van der Waals surface area contributed by atoms with Crippen LogP contribution in [0.25, 0.3) is 11.1 Å². The van der Waals surface area contributed by atoms with Crippen molar-refractivity contribution >= 4 is 9.84 Å². The van der Waals surface area contributed by atoms with Gasteiger partial charge >= 0.3 is 0 Å². The molecule has 2 heterocycles. The fourth-order valence-electron chi connectivity index (χ4n) is 4.70. The molecule has 4 rings (SSSR count). The van der Waals surface area contributed by atoms with Crippen LogP contribution in [0.4, 0.5) is 4.39 Å². The second-order valence-corrected chi connectivity index (χ2v) is 11.8. The molecule has 0 aliphatic carbocycles. The minimum atomic E-state index is -4.44. The van der Waals surface area contributed by atoms with Crippen molar-refractivity contribution in [3.63, 3.8) is 0 Å². The Morgan fingerprint density at radius 3 is 2.31 bits per heavy atom. The van der Waals surface area contributed by atoms with E-state index in [0.717, 1.165) is 5.56 Å². The van der Waals surface area contributed by atoms with Crippen LogP contribution >= 0.6 is 0 Å². The second kappa shape index (κ2) is 11.5. The maximum atomic E-state index is 14.0. The summed E-state index contributed by atoms with van der Waals surface area (Å²) in [6, 6.07) is 16.3. The van der Waals surface area contributed by atoms with E-state index in [9.17, 15) is 22.7 Å². The molecule has 4 aromatic rings. The SMILES string of the molecule is CCC(c1ccccc1)n1c(CCC(C)C)nc(O)c(S(=O)(=O)c2ccc(-c3ccnc(F)c3C)cc2)c1=O. The van der Waals surface area contributed by atoms with Gasteiger partial charge in [-0.25, -0.2) is 13.4 Å². The summed E-state index contributed by atoms with van der Waals surface area (Å²) in [4.78, 5) is 20.9. The fourth-order valence-corrected chi connectivity index (χ4v) is 6.04. The Hall–Kier alpha value is -3.85. The fraction of sp³-hybridized carbons (Fsp3) is 0.300. The van der Waals surface area contributed by atoms with E-state index in [-0.39, 0.29) is 4.90 Å². The molecule has 2 aromatic carbocycles. The van der Waals surface area contributed by atoms with E-state index >= 15 is 0 Å². The number of halogens is 1. The third-order valence-electron chi connectivity index (χ3n) is 6.84. The molecule has 1 unspecified atom stereocenters. The molecule has 0 radical (unpaired) electrons. The molecule has 2 aromatic heterocycles. The smallest absolute Gasteiger partial charge is 0.277 e. The quantitative estimate of drug-likeness (QED) is 0.262. The van der Waals surface area contributed by atoms with Gasteiger partial charge in [-0.2, -0.15) is 9.37 Å². The Balaban J connectivity index is 1.86. The lowest BCUT2D eigenvalue weighted by molar-refractivity contribution is 0.403. The first kappa shape index (κ1) is 28.2. The van der Waals surface area contributed by atoms with Gasteiger partial charge in [0.15, 0.2) is 4.90 Å². The lowest BCUT2D eigenvalue weighted by atomic mass is 10.0. The molecule has 0 aliphatic heterocycles. The van der Waals surface area contributed by atoms with Crippen LogP contribution in [0.1, 0.15) is 56.6 Å². The highest BCUT2D eigenvalue weighted by molar-refractivity contribution is 7.91. The predicted molar refractivity (Wildman–Crippen MR) is 148 cm³/mol. The van der Waals surface area contributed by atoms with E-state index in [1.165, 1.54) is 35.0 Å². The molecule has 0 bridgehead atoms. The Morgan fingerprint density at radius 1 is 1.03 bits per heavy atom. The van der Waals surface area contributed by atoms with Gasteiger partial charge in [0.25, 0.3) is 5.56 Å². The van der Waals surface area contributed by atoms with E-state index in [0.29, 0.717) is 47.7 Å². The monoisotopic (exact) mass is 549 g/mol. The van der Waals surface area contributed by atoms with Crippen molar-refractivity contribution in [3.05, 3.63) is 100 Å². The third-order valence-corrected chi connectivity index (χ3v) is 8.63. The van der Waals surface area contributed by atoms with E-state index < -0.39 is 38.2 Å². The van der Waals surface area contributed by atoms with Gasteiger partial charge in [-0.05, 0) is 60.6 Å².